The number of esters is 1. The number of rotatable bonds is 4. The summed E-state index contributed by atoms with van der Waals surface area (Å²) in [7, 11) is 3.56. The SMILES string of the molecule is COC(C)(CO)C(=O)OC1CC2CCC(C1)N2C. The first kappa shape index (κ1) is 13.8. The fourth-order valence-electron chi connectivity index (χ4n) is 2.95. The zero-order valence-corrected chi connectivity index (χ0v) is 11.4. The van der Waals surface area contributed by atoms with Gasteiger partial charge >= 0.3 is 5.97 Å². The first-order chi connectivity index (χ1) is 8.50. The maximum absolute atomic E-state index is 12.0. The van der Waals surface area contributed by atoms with Gasteiger partial charge in [0.25, 0.3) is 0 Å². The number of fused-ring (bicyclic) bond motifs is 2. The summed E-state index contributed by atoms with van der Waals surface area (Å²) in [6.45, 7) is 1.20. The Balaban J connectivity index is 1.93. The second-order valence-electron chi connectivity index (χ2n) is 5.64. The molecule has 2 heterocycles. The third-order valence-electron chi connectivity index (χ3n) is 4.51. The van der Waals surface area contributed by atoms with E-state index in [1.807, 2.05) is 0 Å². The van der Waals surface area contributed by atoms with Gasteiger partial charge in [-0.25, -0.2) is 4.79 Å². The molecule has 2 fully saturated rings. The van der Waals surface area contributed by atoms with Gasteiger partial charge < -0.3 is 19.5 Å². The molecule has 2 bridgehead atoms. The highest BCUT2D eigenvalue weighted by Gasteiger charge is 2.42. The molecule has 0 amide bonds. The highest BCUT2D eigenvalue weighted by Crippen LogP contribution is 2.35. The van der Waals surface area contributed by atoms with Gasteiger partial charge in [-0.15, -0.1) is 0 Å². The second-order valence-corrected chi connectivity index (χ2v) is 5.64. The van der Waals surface area contributed by atoms with Crippen molar-refractivity contribution in [2.75, 3.05) is 20.8 Å². The Morgan fingerprint density at radius 1 is 1.39 bits per heavy atom. The van der Waals surface area contributed by atoms with E-state index in [0.717, 1.165) is 12.8 Å². The standard InChI is InChI=1S/C13H23NO4/c1-13(8-15,17-3)12(16)18-11-6-9-4-5-10(7-11)14(9)2/h9-11,15H,4-8H2,1-3H3. The van der Waals surface area contributed by atoms with Crippen molar-refractivity contribution in [1.82, 2.24) is 4.90 Å². The number of ether oxygens (including phenoxy) is 2. The lowest BCUT2D eigenvalue weighted by atomic mass is 10.00. The van der Waals surface area contributed by atoms with Crippen molar-refractivity contribution < 1.29 is 19.4 Å². The molecule has 0 aromatic heterocycles. The Kier molecular flexibility index (Phi) is 3.94. The number of methoxy groups -OCH3 is 1. The maximum atomic E-state index is 12.0. The molecule has 0 radical (unpaired) electrons. The van der Waals surface area contributed by atoms with E-state index in [-0.39, 0.29) is 12.7 Å². The van der Waals surface area contributed by atoms with Crippen molar-refractivity contribution in [3.63, 3.8) is 0 Å². The Labute approximate surface area is 108 Å². The molecule has 0 aromatic carbocycles. The second kappa shape index (κ2) is 5.15. The summed E-state index contributed by atoms with van der Waals surface area (Å²) in [4.78, 5) is 14.4. The molecule has 2 rings (SSSR count). The molecule has 2 saturated heterocycles. The van der Waals surface area contributed by atoms with Crippen LogP contribution >= 0.6 is 0 Å². The zero-order valence-electron chi connectivity index (χ0n) is 11.4. The van der Waals surface area contributed by atoms with Gasteiger partial charge in [-0.05, 0) is 39.7 Å². The first-order valence-electron chi connectivity index (χ1n) is 6.59. The number of aliphatic hydroxyl groups excluding tert-OH is 1. The minimum absolute atomic E-state index is 0.0350. The van der Waals surface area contributed by atoms with Crippen LogP contribution in [0.1, 0.15) is 32.6 Å². The Bertz CT molecular complexity index is 302. The summed E-state index contributed by atoms with van der Waals surface area (Å²) in [6, 6.07) is 1.06. The lowest BCUT2D eigenvalue weighted by molar-refractivity contribution is -0.180. The van der Waals surface area contributed by atoms with Crippen molar-refractivity contribution in [1.29, 1.82) is 0 Å². The molecule has 2 aliphatic rings. The van der Waals surface area contributed by atoms with E-state index in [2.05, 4.69) is 11.9 Å². The van der Waals surface area contributed by atoms with E-state index < -0.39 is 11.6 Å². The number of hydrogen-bond donors (Lipinski definition) is 1. The monoisotopic (exact) mass is 257 g/mol. The van der Waals surface area contributed by atoms with E-state index in [1.165, 1.54) is 20.0 Å². The van der Waals surface area contributed by atoms with Crippen LogP contribution in [0.4, 0.5) is 0 Å². The minimum Gasteiger partial charge on any atom is -0.460 e. The van der Waals surface area contributed by atoms with Crippen molar-refractivity contribution in [2.45, 2.75) is 56.4 Å². The highest BCUT2D eigenvalue weighted by atomic mass is 16.6. The molecule has 3 atom stereocenters. The van der Waals surface area contributed by atoms with E-state index in [9.17, 15) is 9.90 Å². The van der Waals surface area contributed by atoms with Crippen LogP contribution in [0.3, 0.4) is 0 Å². The third kappa shape index (κ3) is 2.39. The highest BCUT2D eigenvalue weighted by molar-refractivity contribution is 5.79. The van der Waals surface area contributed by atoms with Crippen LogP contribution in [0.5, 0.6) is 0 Å². The molecule has 5 heteroatoms. The summed E-state index contributed by atoms with van der Waals surface area (Å²) in [6.07, 6.45) is 4.13. The number of hydrogen-bond acceptors (Lipinski definition) is 5. The van der Waals surface area contributed by atoms with Crippen molar-refractivity contribution in [2.24, 2.45) is 0 Å². The largest absolute Gasteiger partial charge is 0.460 e. The number of carbonyl (C=O) groups is 1. The zero-order chi connectivity index (χ0) is 13.3. The van der Waals surface area contributed by atoms with Gasteiger partial charge in [0.2, 0.25) is 0 Å². The number of piperidine rings is 1. The molecular formula is C13H23NO4. The van der Waals surface area contributed by atoms with Crippen LogP contribution in [-0.4, -0.2) is 60.5 Å². The molecule has 18 heavy (non-hydrogen) atoms. The van der Waals surface area contributed by atoms with Gasteiger partial charge in [0.15, 0.2) is 5.60 Å². The average Bonchev–Trinajstić information content (AvgIpc) is 2.60. The normalized spacial score (nSPS) is 35.2. The topological polar surface area (TPSA) is 59.0 Å². The van der Waals surface area contributed by atoms with Gasteiger partial charge in [0.05, 0.1) is 6.61 Å². The fraction of sp³-hybridized carbons (Fsp3) is 0.923. The molecule has 2 aliphatic heterocycles. The molecule has 104 valence electrons. The lowest BCUT2D eigenvalue weighted by Crippen LogP contribution is -2.48. The first-order valence-corrected chi connectivity index (χ1v) is 6.59. The Morgan fingerprint density at radius 2 is 1.94 bits per heavy atom. The van der Waals surface area contributed by atoms with Crippen molar-refractivity contribution >= 4 is 5.97 Å². The van der Waals surface area contributed by atoms with Gasteiger partial charge in [-0.2, -0.15) is 0 Å². The number of nitrogens with zero attached hydrogens (tertiary/aromatic N) is 1. The van der Waals surface area contributed by atoms with Crippen LogP contribution in [-0.2, 0) is 14.3 Å². The summed E-state index contributed by atoms with van der Waals surface area (Å²) in [5, 5.41) is 9.21. The molecular weight excluding hydrogens is 234 g/mol. The van der Waals surface area contributed by atoms with E-state index in [4.69, 9.17) is 9.47 Å². The Hall–Kier alpha value is -0.650. The molecule has 0 aromatic rings. The maximum Gasteiger partial charge on any atom is 0.340 e. The van der Waals surface area contributed by atoms with Gasteiger partial charge in [-0.1, -0.05) is 0 Å². The molecule has 0 aliphatic carbocycles. The summed E-state index contributed by atoms with van der Waals surface area (Å²) >= 11 is 0. The minimum atomic E-state index is -1.23. The predicted octanol–water partition coefficient (Wildman–Crippen LogP) is 0.552. The summed E-state index contributed by atoms with van der Waals surface area (Å²) < 4.78 is 10.6. The van der Waals surface area contributed by atoms with E-state index in [1.54, 1.807) is 6.92 Å². The van der Waals surface area contributed by atoms with Gasteiger partial charge in [-0.3, -0.25) is 0 Å². The van der Waals surface area contributed by atoms with Crippen molar-refractivity contribution in [3.8, 4) is 0 Å². The Morgan fingerprint density at radius 3 is 2.39 bits per heavy atom. The molecule has 0 saturated carbocycles. The molecule has 1 N–H and O–H groups in total. The van der Waals surface area contributed by atoms with Crippen LogP contribution in [0.2, 0.25) is 0 Å². The summed E-state index contributed by atoms with van der Waals surface area (Å²) in [5.74, 6) is -0.457. The van der Waals surface area contributed by atoms with Gasteiger partial charge in [0, 0.05) is 19.2 Å². The van der Waals surface area contributed by atoms with Crippen LogP contribution in [0.25, 0.3) is 0 Å². The molecule has 0 spiro atoms. The predicted molar refractivity (Wildman–Crippen MR) is 66.2 cm³/mol. The molecule has 5 nitrogen and oxygen atoms in total. The van der Waals surface area contributed by atoms with E-state index in [0.29, 0.717) is 12.1 Å². The quantitative estimate of drug-likeness (QED) is 0.745. The number of carbonyl (C=O) groups excluding carboxylic acids is 1. The van der Waals surface area contributed by atoms with Crippen LogP contribution in [0, 0.1) is 0 Å². The number of aliphatic hydroxyl groups is 1. The fourth-order valence-corrected chi connectivity index (χ4v) is 2.95. The van der Waals surface area contributed by atoms with Crippen LogP contribution < -0.4 is 0 Å². The average molecular weight is 257 g/mol. The van der Waals surface area contributed by atoms with Crippen molar-refractivity contribution in [3.05, 3.63) is 0 Å². The van der Waals surface area contributed by atoms with Gasteiger partial charge in [0.1, 0.15) is 6.10 Å². The van der Waals surface area contributed by atoms with Crippen LogP contribution in [0.15, 0.2) is 0 Å². The lowest BCUT2D eigenvalue weighted by Gasteiger charge is -2.37. The molecule has 3 unspecified atom stereocenters. The third-order valence-corrected chi connectivity index (χ3v) is 4.51. The summed E-state index contributed by atoms with van der Waals surface area (Å²) in [5.41, 5.74) is -1.23. The van der Waals surface area contributed by atoms with E-state index >= 15 is 0 Å². The smallest absolute Gasteiger partial charge is 0.340 e.